The predicted octanol–water partition coefficient (Wildman–Crippen LogP) is 1.01. The molecule has 0 atom stereocenters. The van der Waals surface area contributed by atoms with E-state index in [0.29, 0.717) is 0 Å². The predicted molar refractivity (Wildman–Crippen MR) is 52.6 cm³/mol. The fraction of sp³-hybridized carbons (Fsp3) is 0.444. The largest absolute Gasteiger partial charge is 0.315 e. The highest BCUT2D eigenvalue weighted by Crippen LogP contribution is 2.16. The van der Waals surface area contributed by atoms with Crippen molar-refractivity contribution in [2.75, 3.05) is 0 Å². The van der Waals surface area contributed by atoms with Crippen molar-refractivity contribution in [3.8, 4) is 11.5 Å². The van der Waals surface area contributed by atoms with Gasteiger partial charge in [-0.05, 0) is 19.9 Å². The van der Waals surface area contributed by atoms with Crippen molar-refractivity contribution < 1.29 is 0 Å². The van der Waals surface area contributed by atoms with Crippen molar-refractivity contribution in [2.24, 2.45) is 7.05 Å². The minimum absolute atomic E-state index is 0.843. The zero-order chi connectivity index (χ0) is 10.1. The van der Waals surface area contributed by atoms with Gasteiger partial charge in [0.15, 0.2) is 5.82 Å². The van der Waals surface area contributed by atoms with Gasteiger partial charge in [0.05, 0.1) is 5.69 Å². The van der Waals surface area contributed by atoms with Gasteiger partial charge in [-0.3, -0.25) is 4.68 Å². The number of nitrogens with zero attached hydrogens (tertiary/aromatic N) is 5. The molecule has 74 valence electrons. The van der Waals surface area contributed by atoms with Crippen molar-refractivity contribution in [2.45, 2.75) is 20.4 Å². The van der Waals surface area contributed by atoms with Crippen LogP contribution in [-0.4, -0.2) is 24.5 Å². The van der Waals surface area contributed by atoms with Crippen LogP contribution in [0.5, 0.6) is 0 Å². The highest BCUT2D eigenvalue weighted by molar-refractivity contribution is 5.50. The third kappa shape index (κ3) is 1.30. The van der Waals surface area contributed by atoms with E-state index < -0.39 is 0 Å². The Morgan fingerprint density at radius 3 is 2.79 bits per heavy atom. The third-order valence-corrected chi connectivity index (χ3v) is 2.14. The number of hydrogen-bond acceptors (Lipinski definition) is 3. The molecule has 0 aliphatic heterocycles. The summed E-state index contributed by atoms with van der Waals surface area (Å²) in [6.45, 7) is 4.88. The summed E-state index contributed by atoms with van der Waals surface area (Å²) in [5.74, 6) is 0.854. The second-order valence-corrected chi connectivity index (χ2v) is 3.25. The molecule has 2 aromatic rings. The number of rotatable bonds is 2. The van der Waals surface area contributed by atoms with Gasteiger partial charge < -0.3 is 4.57 Å². The molecular formula is C9H13N5. The van der Waals surface area contributed by atoms with Gasteiger partial charge in [-0.15, -0.1) is 10.2 Å². The molecule has 5 heteroatoms. The fourth-order valence-electron chi connectivity index (χ4n) is 1.48. The van der Waals surface area contributed by atoms with E-state index in [1.54, 1.807) is 6.33 Å². The quantitative estimate of drug-likeness (QED) is 0.711. The molecule has 14 heavy (non-hydrogen) atoms. The second kappa shape index (κ2) is 3.25. The van der Waals surface area contributed by atoms with Gasteiger partial charge in [0.1, 0.15) is 12.0 Å². The van der Waals surface area contributed by atoms with Gasteiger partial charge in [0.2, 0.25) is 0 Å². The first-order valence-corrected chi connectivity index (χ1v) is 4.61. The Balaban J connectivity index is 2.55. The standard InChI is InChI=1S/C9H13N5/c1-4-14-8(5-7(2)12-14)9-11-10-6-13(9)3/h5-6H,4H2,1-3H3. The highest BCUT2D eigenvalue weighted by atomic mass is 15.3. The van der Waals surface area contributed by atoms with E-state index in [9.17, 15) is 0 Å². The molecule has 0 aliphatic carbocycles. The van der Waals surface area contributed by atoms with Crippen molar-refractivity contribution in [1.82, 2.24) is 24.5 Å². The first kappa shape index (κ1) is 8.93. The SMILES string of the molecule is CCn1nc(C)cc1-c1nncn1C. The maximum absolute atomic E-state index is 4.36. The summed E-state index contributed by atoms with van der Waals surface area (Å²) in [4.78, 5) is 0. The Morgan fingerprint density at radius 2 is 2.21 bits per heavy atom. The Bertz CT molecular complexity index is 440. The first-order valence-electron chi connectivity index (χ1n) is 4.61. The molecule has 5 nitrogen and oxygen atoms in total. The van der Waals surface area contributed by atoms with Crippen molar-refractivity contribution in [3.63, 3.8) is 0 Å². The summed E-state index contributed by atoms with van der Waals surface area (Å²) < 4.78 is 3.82. The lowest BCUT2D eigenvalue weighted by Gasteiger charge is -2.02. The molecular weight excluding hydrogens is 178 g/mol. The van der Waals surface area contributed by atoms with Crippen molar-refractivity contribution in [3.05, 3.63) is 18.1 Å². The molecule has 0 spiro atoms. The molecule has 0 unspecified atom stereocenters. The lowest BCUT2D eigenvalue weighted by atomic mass is 10.3. The summed E-state index contributed by atoms with van der Waals surface area (Å²) in [6.07, 6.45) is 1.69. The first-order chi connectivity index (χ1) is 6.72. The second-order valence-electron chi connectivity index (χ2n) is 3.25. The number of aryl methyl sites for hydroxylation is 3. The monoisotopic (exact) mass is 191 g/mol. The summed E-state index contributed by atoms with van der Waals surface area (Å²) in [7, 11) is 1.93. The number of aromatic nitrogens is 5. The van der Waals surface area contributed by atoms with Crippen LogP contribution in [0.1, 0.15) is 12.6 Å². The normalized spacial score (nSPS) is 10.8. The van der Waals surface area contributed by atoms with Crippen LogP contribution in [0.4, 0.5) is 0 Å². The van der Waals surface area contributed by atoms with Crippen LogP contribution in [0.2, 0.25) is 0 Å². The van der Waals surface area contributed by atoms with Crippen LogP contribution < -0.4 is 0 Å². The molecule has 0 aliphatic rings. The van der Waals surface area contributed by atoms with Gasteiger partial charge in [0, 0.05) is 13.6 Å². The Hall–Kier alpha value is -1.65. The van der Waals surface area contributed by atoms with Crippen LogP contribution in [0.15, 0.2) is 12.4 Å². The van der Waals surface area contributed by atoms with Gasteiger partial charge in [-0.2, -0.15) is 5.10 Å². The van der Waals surface area contributed by atoms with Crippen molar-refractivity contribution in [1.29, 1.82) is 0 Å². The van der Waals surface area contributed by atoms with Crippen LogP contribution in [0, 0.1) is 6.92 Å². The van der Waals surface area contributed by atoms with E-state index >= 15 is 0 Å². The maximum Gasteiger partial charge on any atom is 0.181 e. The van der Waals surface area contributed by atoms with E-state index in [0.717, 1.165) is 23.8 Å². The molecule has 0 saturated heterocycles. The zero-order valence-corrected chi connectivity index (χ0v) is 8.60. The van der Waals surface area contributed by atoms with Gasteiger partial charge >= 0.3 is 0 Å². The minimum atomic E-state index is 0.843. The highest BCUT2D eigenvalue weighted by Gasteiger charge is 2.11. The molecule has 0 bridgehead atoms. The summed E-state index contributed by atoms with van der Waals surface area (Å²) in [6, 6.07) is 2.02. The average Bonchev–Trinajstić information content (AvgIpc) is 2.71. The number of hydrogen-bond donors (Lipinski definition) is 0. The molecule has 0 aromatic carbocycles. The minimum Gasteiger partial charge on any atom is -0.315 e. The Labute approximate surface area is 82.4 Å². The Kier molecular flexibility index (Phi) is 2.07. The molecule has 2 rings (SSSR count). The molecule has 0 amide bonds. The summed E-state index contributed by atoms with van der Waals surface area (Å²) >= 11 is 0. The molecule has 2 aromatic heterocycles. The van der Waals surface area contributed by atoms with Crippen LogP contribution in [0.25, 0.3) is 11.5 Å². The van der Waals surface area contributed by atoms with E-state index in [-0.39, 0.29) is 0 Å². The van der Waals surface area contributed by atoms with Crippen LogP contribution in [0.3, 0.4) is 0 Å². The van der Waals surface area contributed by atoms with Gasteiger partial charge in [-0.1, -0.05) is 0 Å². The zero-order valence-electron chi connectivity index (χ0n) is 8.60. The third-order valence-electron chi connectivity index (χ3n) is 2.14. The van der Waals surface area contributed by atoms with E-state index in [1.807, 2.05) is 29.3 Å². The lowest BCUT2D eigenvalue weighted by Crippen LogP contribution is -2.02. The van der Waals surface area contributed by atoms with Crippen LogP contribution >= 0.6 is 0 Å². The van der Waals surface area contributed by atoms with Crippen LogP contribution in [-0.2, 0) is 13.6 Å². The lowest BCUT2D eigenvalue weighted by molar-refractivity contribution is 0.654. The maximum atomic E-state index is 4.36. The molecule has 0 saturated carbocycles. The van der Waals surface area contributed by atoms with Crippen molar-refractivity contribution >= 4 is 0 Å². The average molecular weight is 191 g/mol. The topological polar surface area (TPSA) is 48.5 Å². The molecule has 0 fully saturated rings. The summed E-state index contributed by atoms with van der Waals surface area (Å²) in [5.41, 5.74) is 2.02. The molecule has 0 N–H and O–H groups in total. The summed E-state index contributed by atoms with van der Waals surface area (Å²) in [5, 5.41) is 12.3. The van der Waals surface area contributed by atoms with E-state index in [1.165, 1.54) is 0 Å². The molecule has 2 heterocycles. The fourth-order valence-corrected chi connectivity index (χ4v) is 1.48. The van der Waals surface area contributed by atoms with E-state index in [2.05, 4.69) is 22.2 Å². The Morgan fingerprint density at radius 1 is 1.43 bits per heavy atom. The van der Waals surface area contributed by atoms with Gasteiger partial charge in [-0.25, -0.2) is 0 Å². The smallest absolute Gasteiger partial charge is 0.181 e. The van der Waals surface area contributed by atoms with E-state index in [4.69, 9.17) is 0 Å². The van der Waals surface area contributed by atoms with Gasteiger partial charge in [0.25, 0.3) is 0 Å². The molecule has 0 radical (unpaired) electrons.